The van der Waals surface area contributed by atoms with Crippen LogP contribution in [-0.2, 0) is 16.4 Å². The van der Waals surface area contributed by atoms with E-state index in [2.05, 4.69) is 11.3 Å². The Labute approximate surface area is 130 Å². The molecule has 0 saturated carbocycles. The first-order chi connectivity index (χ1) is 10.5. The van der Waals surface area contributed by atoms with E-state index in [9.17, 15) is 8.42 Å². The Morgan fingerprint density at radius 3 is 2.32 bits per heavy atom. The summed E-state index contributed by atoms with van der Waals surface area (Å²) in [5.41, 5.74) is 2.38. The number of rotatable bonds is 6. The molecular weight excluding hydrogens is 296 g/mol. The lowest BCUT2D eigenvalue weighted by Gasteiger charge is -2.09. The van der Waals surface area contributed by atoms with E-state index in [1.165, 1.54) is 12.1 Å². The van der Waals surface area contributed by atoms with Crippen LogP contribution in [0.15, 0.2) is 66.1 Å². The minimum Gasteiger partial charge on any atom is -0.207 e. The largest absolute Gasteiger partial charge is 0.240 e. The van der Waals surface area contributed by atoms with Gasteiger partial charge in [-0.15, -0.1) is 0 Å². The van der Waals surface area contributed by atoms with Crippen molar-refractivity contribution in [3.63, 3.8) is 0 Å². The van der Waals surface area contributed by atoms with E-state index in [1.807, 2.05) is 36.4 Å². The molecule has 4 nitrogen and oxygen atoms in total. The minimum absolute atomic E-state index is 0.145. The van der Waals surface area contributed by atoms with E-state index >= 15 is 0 Å². The maximum absolute atomic E-state index is 12.2. The third-order valence-electron chi connectivity index (χ3n) is 3.17. The Bertz CT molecular complexity index is 789. The molecule has 0 unspecified atom stereocenters. The number of nitriles is 1. The summed E-state index contributed by atoms with van der Waals surface area (Å²) in [5, 5.41) is 8.61. The van der Waals surface area contributed by atoms with Crippen molar-refractivity contribution in [1.29, 1.82) is 5.26 Å². The van der Waals surface area contributed by atoms with E-state index < -0.39 is 10.0 Å². The molecule has 2 aromatic rings. The first kappa shape index (κ1) is 16.0. The SMILES string of the molecule is C=C(CNS(=O)(=O)c1ccc(CC#N)cc1)c1ccccc1. The summed E-state index contributed by atoms with van der Waals surface area (Å²) < 4.78 is 27.0. The third-order valence-corrected chi connectivity index (χ3v) is 4.59. The quantitative estimate of drug-likeness (QED) is 0.891. The van der Waals surface area contributed by atoms with Crippen molar-refractivity contribution in [2.75, 3.05) is 6.54 Å². The van der Waals surface area contributed by atoms with E-state index in [4.69, 9.17) is 5.26 Å². The molecule has 1 N–H and O–H groups in total. The summed E-state index contributed by atoms with van der Waals surface area (Å²) in [6.45, 7) is 4.04. The van der Waals surface area contributed by atoms with Crippen molar-refractivity contribution in [2.45, 2.75) is 11.3 Å². The summed E-state index contributed by atoms with van der Waals surface area (Å²) in [6, 6.07) is 17.7. The molecule has 5 heteroatoms. The summed E-state index contributed by atoms with van der Waals surface area (Å²) >= 11 is 0. The van der Waals surface area contributed by atoms with E-state index in [-0.39, 0.29) is 17.9 Å². The molecule has 0 atom stereocenters. The van der Waals surface area contributed by atoms with Crippen LogP contribution in [-0.4, -0.2) is 15.0 Å². The molecule has 0 fully saturated rings. The fourth-order valence-electron chi connectivity index (χ4n) is 1.92. The number of nitrogens with zero attached hydrogens (tertiary/aromatic N) is 1. The van der Waals surface area contributed by atoms with Crippen LogP contribution in [0.25, 0.3) is 5.57 Å². The second-order valence-electron chi connectivity index (χ2n) is 4.77. The second kappa shape index (κ2) is 7.03. The van der Waals surface area contributed by atoms with Crippen LogP contribution in [0.5, 0.6) is 0 Å². The third kappa shape index (κ3) is 4.04. The molecule has 0 heterocycles. The van der Waals surface area contributed by atoms with Gasteiger partial charge >= 0.3 is 0 Å². The molecule has 22 heavy (non-hydrogen) atoms. The number of sulfonamides is 1. The summed E-state index contributed by atoms with van der Waals surface area (Å²) in [5.74, 6) is 0. The van der Waals surface area contributed by atoms with Gasteiger partial charge in [0.25, 0.3) is 0 Å². The number of hydrogen-bond acceptors (Lipinski definition) is 3. The van der Waals surface area contributed by atoms with Crippen molar-refractivity contribution in [3.05, 3.63) is 72.3 Å². The first-order valence-corrected chi connectivity index (χ1v) is 8.20. The zero-order valence-corrected chi connectivity index (χ0v) is 12.8. The lowest BCUT2D eigenvalue weighted by Crippen LogP contribution is -2.25. The van der Waals surface area contributed by atoms with Crippen molar-refractivity contribution < 1.29 is 8.42 Å². The molecule has 0 saturated heterocycles. The molecule has 0 aliphatic carbocycles. The predicted molar refractivity (Wildman–Crippen MR) is 86.4 cm³/mol. The normalized spacial score (nSPS) is 10.9. The molecule has 2 aromatic carbocycles. The Kier molecular flexibility index (Phi) is 5.10. The number of benzene rings is 2. The van der Waals surface area contributed by atoms with Gasteiger partial charge in [-0.05, 0) is 28.8 Å². The molecule has 2 rings (SSSR count). The summed E-state index contributed by atoms with van der Waals surface area (Å²) in [4.78, 5) is 0.176. The van der Waals surface area contributed by atoms with E-state index in [0.29, 0.717) is 5.57 Å². The number of hydrogen-bond donors (Lipinski definition) is 1. The van der Waals surface area contributed by atoms with E-state index in [0.717, 1.165) is 11.1 Å². The predicted octanol–water partition coefficient (Wildman–Crippen LogP) is 2.74. The average Bonchev–Trinajstić information content (AvgIpc) is 2.54. The molecule has 0 aliphatic heterocycles. The van der Waals surface area contributed by atoms with Crippen LogP contribution >= 0.6 is 0 Å². The zero-order valence-electron chi connectivity index (χ0n) is 12.0. The first-order valence-electron chi connectivity index (χ1n) is 6.72. The highest BCUT2D eigenvalue weighted by Crippen LogP contribution is 2.14. The van der Waals surface area contributed by atoms with Crippen LogP contribution in [0.1, 0.15) is 11.1 Å². The molecule has 0 aromatic heterocycles. The molecule has 0 bridgehead atoms. The smallest absolute Gasteiger partial charge is 0.207 e. The molecular formula is C17H16N2O2S. The highest BCUT2D eigenvalue weighted by molar-refractivity contribution is 7.89. The van der Waals surface area contributed by atoms with Crippen molar-refractivity contribution in [1.82, 2.24) is 4.72 Å². The van der Waals surface area contributed by atoms with Gasteiger partial charge in [0.15, 0.2) is 0 Å². The Morgan fingerprint density at radius 2 is 1.73 bits per heavy atom. The minimum atomic E-state index is -3.59. The molecule has 0 radical (unpaired) electrons. The van der Waals surface area contributed by atoms with Crippen LogP contribution in [0.4, 0.5) is 0 Å². The fraction of sp³-hybridized carbons (Fsp3) is 0.118. The highest BCUT2D eigenvalue weighted by Gasteiger charge is 2.14. The lowest BCUT2D eigenvalue weighted by atomic mass is 10.1. The zero-order chi connectivity index (χ0) is 16.0. The second-order valence-corrected chi connectivity index (χ2v) is 6.54. The number of nitrogens with one attached hydrogen (secondary N) is 1. The van der Waals surface area contributed by atoms with E-state index in [1.54, 1.807) is 12.1 Å². The summed E-state index contributed by atoms with van der Waals surface area (Å²) in [7, 11) is -3.59. The van der Waals surface area contributed by atoms with Gasteiger partial charge in [-0.2, -0.15) is 5.26 Å². The Hall–Kier alpha value is -2.42. The van der Waals surface area contributed by atoms with Gasteiger partial charge in [0.05, 0.1) is 17.4 Å². The lowest BCUT2D eigenvalue weighted by molar-refractivity contribution is 0.586. The maximum Gasteiger partial charge on any atom is 0.240 e. The van der Waals surface area contributed by atoms with Gasteiger partial charge in [0.2, 0.25) is 10.0 Å². The fourth-order valence-corrected chi connectivity index (χ4v) is 2.94. The standard InChI is InChI=1S/C17H16N2O2S/c1-14(16-5-3-2-4-6-16)13-19-22(20,21)17-9-7-15(8-10-17)11-12-18/h2-10,19H,1,11,13H2. The summed E-state index contributed by atoms with van der Waals surface area (Å²) in [6.07, 6.45) is 0.262. The monoisotopic (exact) mass is 312 g/mol. The van der Waals surface area contributed by atoms with Gasteiger partial charge in [0, 0.05) is 6.54 Å². The van der Waals surface area contributed by atoms with Crippen LogP contribution in [0.2, 0.25) is 0 Å². The molecule has 0 aliphatic rings. The van der Waals surface area contributed by atoms with Gasteiger partial charge in [-0.1, -0.05) is 49.0 Å². The molecule has 0 amide bonds. The van der Waals surface area contributed by atoms with Crippen molar-refractivity contribution in [2.24, 2.45) is 0 Å². The van der Waals surface area contributed by atoms with Gasteiger partial charge in [-0.25, -0.2) is 13.1 Å². The average molecular weight is 312 g/mol. The Balaban J connectivity index is 2.05. The topological polar surface area (TPSA) is 70.0 Å². The van der Waals surface area contributed by atoms with Crippen LogP contribution in [0.3, 0.4) is 0 Å². The van der Waals surface area contributed by atoms with Crippen LogP contribution in [0, 0.1) is 11.3 Å². The highest BCUT2D eigenvalue weighted by atomic mass is 32.2. The van der Waals surface area contributed by atoms with Gasteiger partial charge in [-0.3, -0.25) is 0 Å². The van der Waals surface area contributed by atoms with Crippen LogP contribution < -0.4 is 4.72 Å². The maximum atomic E-state index is 12.2. The van der Waals surface area contributed by atoms with Crippen molar-refractivity contribution >= 4 is 15.6 Å². The Morgan fingerprint density at radius 1 is 1.09 bits per heavy atom. The van der Waals surface area contributed by atoms with Gasteiger partial charge < -0.3 is 0 Å². The van der Waals surface area contributed by atoms with Gasteiger partial charge in [0.1, 0.15) is 0 Å². The molecule has 0 spiro atoms. The molecule has 112 valence electrons. The van der Waals surface area contributed by atoms with Crippen molar-refractivity contribution in [3.8, 4) is 6.07 Å².